The molecule has 0 aliphatic carbocycles. The van der Waals surface area contributed by atoms with Gasteiger partial charge in [0.25, 0.3) is 0 Å². The molecule has 0 atom stereocenters. The summed E-state index contributed by atoms with van der Waals surface area (Å²) in [6, 6.07) is 14.9. The molecule has 23 heavy (non-hydrogen) atoms. The molecule has 0 fully saturated rings. The number of nitrogens with one attached hydrogen (secondary N) is 1. The van der Waals surface area contributed by atoms with Crippen LogP contribution in [-0.4, -0.2) is 19.1 Å². The molecule has 0 bridgehead atoms. The van der Waals surface area contributed by atoms with E-state index < -0.39 is 0 Å². The van der Waals surface area contributed by atoms with Crippen LogP contribution in [0.2, 0.25) is 0 Å². The topological polar surface area (TPSA) is 47.6 Å². The van der Waals surface area contributed by atoms with E-state index >= 15 is 0 Å². The first-order valence-corrected chi connectivity index (χ1v) is 7.66. The van der Waals surface area contributed by atoms with Crippen molar-refractivity contribution in [3.8, 4) is 11.5 Å². The second kappa shape index (κ2) is 8.63. The maximum atomic E-state index is 12.0. The molecule has 4 nitrogen and oxygen atoms in total. The lowest BCUT2D eigenvalue weighted by atomic mass is 10.2. The highest BCUT2D eigenvalue weighted by molar-refractivity contribution is 6.02. The number of ether oxygens (including phenoxy) is 2. The summed E-state index contributed by atoms with van der Waals surface area (Å²) in [7, 11) is 0. The van der Waals surface area contributed by atoms with Crippen LogP contribution in [0, 0.1) is 0 Å². The molecule has 0 radical (unpaired) electrons. The largest absolute Gasteiger partial charge is 0.494 e. The third-order valence-electron chi connectivity index (χ3n) is 3.06. The van der Waals surface area contributed by atoms with Gasteiger partial charge < -0.3 is 14.8 Å². The van der Waals surface area contributed by atoms with E-state index in [1.165, 1.54) is 6.08 Å². The van der Waals surface area contributed by atoms with Crippen molar-refractivity contribution in [2.45, 2.75) is 13.8 Å². The second-order valence-electron chi connectivity index (χ2n) is 4.75. The average Bonchev–Trinajstić information content (AvgIpc) is 2.57. The van der Waals surface area contributed by atoms with Gasteiger partial charge in [0.1, 0.15) is 11.5 Å². The SMILES string of the molecule is CCOc1ccc(/C=C/C(=O)Nc2ccccc2OCC)cc1. The van der Waals surface area contributed by atoms with Crippen molar-refractivity contribution in [1.29, 1.82) is 0 Å². The molecule has 2 aromatic carbocycles. The quantitative estimate of drug-likeness (QED) is 0.782. The number of para-hydroxylation sites is 2. The fourth-order valence-corrected chi connectivity index (χ4v) is 2.04. The van der Waals surface area contributed by atoms with E-state index in [0.29, 0.717) is 24.7 Å². The number of anilines is 1. The summed E-state index contributed by atoms with van der Waals surface area (Å²) in [6.07, 6.45) is 3.26. The van der Waals surface area contributed by atoms with E-state index in [4.69, 9.17) is 9.47 Å². The summed E-state index contributed by atoms with van der Waals surface area (Å²) in [4.78, 5) is 12.0. The maximum Gasteiger partial charge on any atom is 0.248 e. The first-order valence-electron chi connectivity index (χ1n) is 7.66. The highest BCUT2D eigenvalue weighted by Crippen LogP contribution is 2.23. The molecule has 4 heteroatoms. The second-order valence-corrected chi connectivity index (χ2v) is 4.75. The van der Waals surface area contributed by atoms with Crippen molar-refractivity contribution in [3.05, 3.63) is 60.2 Å². The Labute approximate surface area is 136 Å². The Kier molecular flexibility index (Phi) is 6.24. The number of rotatable bonds is 7. The molecule has 0 aromatic heterocycles. The molecule has 2 aromatic rings. The summed E-state index contributed by atoms with van der Waals surface area (Å²) in [5.74, 6) is 1.28. The molecule has 0 saturated heterocycles. The monoisotopic (exact) mass is 311 g/mol. The summed E-state index contributed by atoms with van der Waals surface area (Å²) in [6.45, 7) is 5.04. The smallest absolute Gasteiger partial charge is 0.248 e. The Morgan fingerprint density at radius 2 is 1.70 bits per heavy atom. The van der Waals surface area contributed by atoms with E-state index in [2.05, 4.69) is 5.32 Å². The number of amides is 1. The average molecular weight is 311 g/mol. The minimum absolute atomic E-state index is 0.203. The van der Waals surface area contributed by atoms with E-state index in [0.717, 1.165) is 11.3 Å². The molecule has 0 unspecified atom stereocenters. The van der Waals surface area contributed by atoms with Crippen LogP contribution in [0.25, 0.3) is 6.08 Å². The van der Waals surface area contributed by atoms with Crippen LogP contribution in [0.3, 0.4) is 0 Å². The Morgan fingerprint density at radius 1 is 1.00 bits per heavy atom. The van der Waals surface area contributed by atoms with E-state index in [-0.39, 0.29) is 5.91 Å². The number of hydrogen-bond acceptors (Lipinski definition) is 3. The highest BCUT2D eigenvalue weighted by atomic mass is 16.5. The van der Waals surface area contributed by atoms with Gasteiger partial charge in [-0.1, -0.05) is 24.3 Å². The van der Waals surface area contributed by atoms with Gasteiger partial charge in [0.15, 0.2) is 0 Å². The van der Waals surface area contributed by atoms with Gasteiger partial charge in [-0.05, 0) is 49.8 Å². The first kappa shape index (κ1) is 16.6. The Balaban J connectivity index is 1.99. The normalized spacial score (nSPS) is 10.5. The van der Waals surface area contributed by atoms with Crippen LogP contribution in [0.4, 0.5) is 5.69 Å². The molecule has 0 heterocycles. The number of carbonyl (C=O) groups is 1. The van der Waals surface area contributed by atoms with Crippen LogP contribution in [-0.2, 0) is 4.79 Å². The standard InChI is InChI=1S/C19H21NO3/c1-3-22-16-12-9-15(10-13-16)11-14-19(21)20-17-7-5-6-8-18(17)23-4-2/h5-14H,3-4H2,1-2H3,(H,20,21)/b14-11+. The van der Waals surface area contributed by atoms with Crippen LogP contribution in [0.1, 0.15) is 19.4 Å². The number of hydrogen-bond donors (Lipinski definition) is 1. The predicted octanol–water partition coefficient (Wildman–Crippen LogP) is 4.14. The van der Waals surface area contributed by atoms with Crippen molar-refractivity contribution < 1.29 is 14.3 Å². The molecule has 0 aliphatic rings. The Bertz CT molecular complexity index is 663. The number of benzene rings is 2. The molecule has 0 saturated carbocycles. The van der Waals surface area contributed by atoms with Crippen molar-refractivity contribution in [2.24, 2.45) is 0 Å². The third kappa shape index (κ3) is 5.18. The molecular formula is C19H21NO3. The first-order chi connectivity index (χ1) is 11.2. The lowest BCUT2D eigenvalue weighted by Gasteiger charge is -2.09. The third-order valence-corrected chi connectivity index (χ3v) is 3.06. The Hall–Kier alpha value is -2.75. The van der Waals surface area contributed by atoms with Gasteiger partial charge in [-0.3, -0.25) is 4.79 Å². The lowest BCUT2D eigenvalue weighted by Crippen LogP contribution is -2.09. The zero-order valence-corrected chi connectivity index (χ0v) is 13.4. The maximum absolute atomic E-state index is 12.0. The summed E-state index contributed by atoms with van der Waals surface area (Å²) in [5, 5.41) is 2.82. The minimum Gasteiger partial charge on any atom is -0.494 e. The summed E-state index contributed by atoms with van der Waals surface area (Å²) < 4.78 is 10.9. The fraction of sp³-hybridized carbons (Fsp3) is 0.211. The molecule has 1 amide bonds. The van der Waals surface area contributed by atoms with Gasteiger partial charge in [-0.2, -0.15) is 0 Å². The molecule has 2 rings (SSSR count). The van der Waals surface area contributed by atoms with Crippen LogP contribution < -0.4 is 14.8 Å². The van der Waals surface area contributed by atoms with Gasteiger partial charge in [-0.25, -0.2) is 0 Å². The van der Waals surface area contributed by atoms with Crippen molar-refractivity contribution in [2.75, 3.05) is 18.5 Å². The molecule has 0 spiro atoms. The van der Waals surface area contributed by atoms with E-state index in [1.54, 1.807) is 6.08 Å². The molecule has 1 N–H and O–H groups in total. The van der Waals surface area contributed by atoms with Crippen LogP contribution in [0.5, 0.6) is 11.5 Å². The predicted molar refractivity (Wildman–Crippen MR) is 92.9 cm³/mol. The van der Waals surface area contributed by atoms with Crippen molar-refractivity contribution in [3.63, 3.8) is 0 Å². The van der Waals surface area contributed by atoms with Gasteiger partial charge in [0.05, 0.1) is 18.9 Å². The number of carbonyl (C=O) groups excluding carboxylic acids is 1. The van der Waals surface area contributed by atoms with E-state index in [1.807, 2.05) is 62.4 Å². The zero-order valence-electron chi connectivity index (χ0n) is 13.4. The van der Waals surface area contributed by atoms with Crippen molar-refractivity contribution in [1.82, 2.24) is 0 Å². The summed E-state index contributed by atoms with van der Waals surface area (Å²) in [5.41, 5.74) is 1.59. The lowest BCUT2D eigenvalue weighted by molar-refractivity contribution is -0.111. The van der Waals surface area contributed by atoms with Gasteiger partial charge in [0, 0.05) is 6.08 Å². The zero-order chi connectivity index (χ0) is 16.5. The van der Waals surface area contributed by atoms with E-state index in [9.17, 15) is 4.79 Å². The van der Waals surface area contributed by atoms with Gasteiger partial charge in [0.2, 0.25) is 5.91 Å². The fourth-order valence-electron chi connectivity index (χ4n) is 2.04. The minimum atomic E-state index is -0.203. The van der Waals surface area contributed by atoms with Crippen molar-refractivity contribution >= 4 is 17.7 Å². The van der Waals surface area contributed by atoms with Crippen LogP contribution in [0.15, 0.2) is 54.6 Å². The van der Waals surface area contributed by atoms with Crippen LogP contribution >= 0.6 is 0 Å². The Morgan fingerprint density at radius 3 is 2.39 bits per heavy atom. The summed E-state index contributed by atoms with van der Waals surface area (Å²) >= 11 is 0. The molecule has 120 valence electrons. The molecule has 0 aliphatic heterocycles. The highest BCUT2D eigenvalue weighted by Gasteiger charge is 2.04. The molecular weight excluding hydrogens is 290 g/mol. The van der Waals surface area contributed by atoms with Gasteiger partial charge >= 0.3 is 0 Å². The van der Waals surface area contributed by atoms with Gasteiger partial charge in [-0.15, -0.1) is 0 Å².